The van der Waals surface area contributed by atoms with Gasteiger partial charge < -0.3 is 35.6 Å². The minimum atomic E-state index is -0.914. The number of hydrogen-bond donors (Lipinski definition) is 3. The van der Waals surface area contributed by atoms with Crippen molar-refractivity contribution in [3.63, 3.8) is 0 Å². The highest BCUT2D eigenvalue weighted by molar-refractivity contribution is 5.77. The number of piperazine rings is 1. The second-order valence-corrected chi connectivity index (χ2v) is 8.05. The van der Waals surface area contributed by atoms with E-state index < -0.39 is 6.09 Å². The van der Waals surface area contributed by atoms with Gasteiger partial charge in [0, 0.05) is 56.4 Å². The number of nitrogens with one attached hydrogen (secondary N) is 2. The SMILES string of the molecule is CCN1CCN(c2ccc(Nc3cc(Nc4ncccc4OC)c(C#N)cn3)c(OC(N)=O)c2)CC1. The van der Waals surface area contributed by atoms with Gasteiger partial charge in [-0.2, -0.15) is 5.26 Å². The molecule has 0 aliphatic carbocycles. The first-order valence-corrected chi connectivity index (χ1v) is 11.5. The van der Waals surface area contributed by atoms with Gasteiger partial charge in [-0.25, -0.2) is 14.8 Å². The van der Waals surface area contributed by atoms with Crippen LogP contribution in [0.25, 0.3) is 0 Å². The molecule has 4 N–H and O–H groups in total. The van der Waals surface area contributed by atoms with E-state index in [1.54, 1.807) is 37.6 Å². The van der Waals surface area contributed by atoms with Gasteiger partial charge in [0.05, 0.1) is 24.0 Å². The van der Waals surface area contributed by atoms with E-state index in [1.165, 1.54) is 6.20 Å². The maximum atomic E-state index is 11.6. The van der Waals surface area contributed by atoms with Crippen LogP contribution >= 0.6 is 0 Å². The molecule has 1 fully saturated rings. The van der Waals surface area contributed by atoms with Gasteiger partial charge in [0.2, 0.25) is 0 Å². The Balaban J connectivity index is 1.60. The third-order valence-electron chi connectivity index (χ3n) is 5.89. The van der Waals surface area contributed by atoms with Gasteiger partial charge in [0.1, 0.15) is 11.9 Å². The number of primary amides is 1. The molecule has 1 amide bonds. The van der Waals surface area contributed by atoms with Crippen LogP contribution in [0.15, 0.2) is 48.8 Å². The number of carbonyl (C=O) groups is 1. The van der Waals surface area contributed by atoms with Gasteiger partial charge in [0.15, 0.2) is 17.3 Å². The molecule has 3 aromatic rings. The van der Waals surface area contributed by atoms with Crippen LogP contribution < -0.4 is 30.7 Å². The van der Waals surface area contributed by atoms with E-state index >= 15 is 0 Å². The minimum Gasteiger partial charge on any atom is -0.493 e. The number of amides is 1. The van der Waals surface area contributed by atoms with Gasteiger partial charge in [-0.1, -0.05) is 6.92 Å². The minimum absolute atomic E-state index is 0.282. The monoisotopic (exact) mass is 488 g/mol. The van der Waals surface area contributed by atoms with Gasteiger partial charge >= 0.3 is 6.09 Å². The molecule has 11 heteroatoms. The van der Waals surface area contributed by atoms with Crippen molar-refractivity contribution in [3.8, 4) is 17.6 Å². The summed E-state index contributed by atoms with van der Waals surface area (Å²) in [6, 6.07) is 12.9. The number of nitrogens with two attached hydrogens (primary N) is 1. The summed E-state index contributed by atoms with van der Waals surface area (Å²) in [5, 5.41) is 15.8. The van der Waals surface area contributed by atoms with E-state index in [2.05, 4.69) is 43.4 Å². The molecule has 2 aromatic heterocycles. The fourth-order valence-corrected chi connectivity index (χ4v) is 3.96. The molecule has 1 aliphatic heterocycles. The van der Waals surface area contributed by atoms with Crippen molar-refractivity contribution >= 4 is 34.8 Å². The van der Waals surface area contributed by atoms with Gasteiger partial charge in [-0.15, -0.1) is 0 Å². The molecule has 1 aliphatic rings. The van der Waals surface area contributed by atoms with E-state index in [4.69, 9.17) is 15.2 Å². The maximum Gasteiger partial charge on any atom is 0.410 e. The summed E-state index contributed by atoms with van der Waals surface area (Å²) < 4.78 is 10.6. The smallest absolute Gasteiger partial charge is 0.410 e. The third-order valence-corrected chi connectivity index (χ3v) is 5.89. The molecule has 1 aromatic carbocycles. The van der Waals surface area contributed by atoms with Crippen LogP contribution in [0.5, 0.6) is 11.5 Å². The van der Waals surface area contributed by atoms with Crippen LogP contribution in [0, 0.1) is 11.3 Å². The molecule has 0 spiro atoms. The largest absolute Gasteiger partial charge is 0.493 e. The van der Waals surface area contributed by atoms with Crippen molar-refractivity contribution in [2.75, 3.05) is 55.4 Å². The molecule has 0 atom stereocenters. The molecule has 4 rings (SSSR count). The summed E-state index contributed by atoms with van der Waals surface area (Å²) in [6.45, 7) is 6.86. The number of likely N-dealkylation sites (N-methyl/N-ethyl adjacent to an activating group) is 1. The second-order valence-electron chi connectivity index (χ2n) is 8.05. The van der Waals surface area contributed by atoms with Gasteiger partial charge in [0.25, 0.3) is 0 Å². The van der Waals surface area contributed by atoms with E-state index in [0.717, 1.165) is 38.4 Å². The number of nitriles is 1. The first kappa shape index (κ1) is 24.6. The van der Waals surface area contributed by atoms with Crippen LogP contribution in [0.1, 0.15) is 12.5 Å². The molecule has 0 radical (unpaired) electrons. The normalized spacial score (nSPS) is 13.5. The topological polar surface area (TPSA) is 142 Å². The standard InChI is InChI=1S/C25H28N8O3/c1-3-32-9-11-33(12-10-32)18-6-7-19(22(13-18)36-25(27)34)30-23-14-20(17(15-26)16-29-23)31-24-21(35-2)5-4-8-28-24/h4-8,13-14,16H,3,9-12H2,1-2H3,(H2,27,34)(H2,28,29,30,31). The molecular weight excluding hydrogens is 460 g/mol. The number of benzene rings is 1. The lowest BCUT2D eigenvalue weighted by Gasteiger charge is -2.35. The zero-order chi connectivity index (χ0) is 25.5. The molecular formula is C25H28N8O3. The lowest BCUT2D eigenvalue weighted by atomic mass is 10.2. The first-order valence-electron chi connectivity index (χ1n) is 11.5. The van der Waals surface area contributed by atoms with Gasteiger partial charge in [-0.3, -0.25) is 0 Å². The number of methoxy groups -OCH3 is 1. The number of ether oxygens (including phenoxy) is 2. The van der Waals surface area contributed by atoms with Gasteiger partial charge in [-0.05, 0) is 30.8 Å². The summed E-state index contributed by atoms with van der Waals surface area (Å²) in [6.07, 6.45) is 2.15. The summed E-state index contributed by atoms with van der Waals surface area (Å²) in [5.41, 5.74) is 7.58. The molecule has 1 saturated heterocycles. The zero-order valence-electron chi connectivity index (χ0n) is 20.2. The molecule has 186 valence electrons. The fourth-order valence-electron chi connectivity index (χ4n) is 3.96. The lowest BCUT2D eigenvalue weighted by Crippen LogP contribution is -2.46. The van der Waals surface area contributed by atoms with Crippen molar-refractivity contribution in [2.45, 2.75) is 6.92 Å². The highest BCUT2D eigenvalue weighted by Gasteiger charge is 2.18. The Hall–Kier alpha value is -4.56. The second kappa shape index (κ2) is 11.2. The summed E-state index contributed by atoms with van der Waals surface area (Å²) in [7, 11) is 1.54. The number of anilines is 5. The molecule has 36 heavy (non-hydrogen) atoms. The van der Waals surface area contributed by atoms with Crippen molar-refractivity contribution in [1.29, 1.82) is 5.26 Å². The van der Waals surface area contributed by atoms with Crippen molar-refractivity contribution in [3.05, 3.63) is 54.4 Å². The predicted octanol–water partition coefficient (Wildman–Crippen LogP) is 3.44. The molecule has 0 saturated carbocycles. The number of rotatable bonds is 8. The Morgan fingerprint density at radius 1 is 1.11 bits per heavy atom. The summed E-state index contributed by atoms with van der Waals surface area (Å²) >= 11 is 0. The first-order chi connectivity index (χ1) is 17.5. The van der Waals surface area contributed by atoms with Crippen molar-refractivity contribution < 1.29 is 14.3 Å². The van der Waals surface area contributed by atoms with Crippen LogP contribution in [-0.2, 0) is 0 Å². The average molecular weight is 489 g/mol. The van der Waals surface area contributed by atoms with Crippen LogP contribution in [0.3, 0.4) is 0 Å². The Morgan fingerprint density at radius 2 is 1.92 bits per heavy atom. The third kappa shape index (κ3) is 5.73. The number of carbonyl (C=O) groups excluding carboxylic acids is 1. The molecule has 11 nitrogen and oxygen atoms in total. The lowest BCUT2D eigenvalue weighted by molar-refractivity contribution is 0.211. The average Bonchev–Trinajstić information content (AvgIpc) is 2.90. The van der Waals surface area contributed by atoms with E-state index in [-0.39, 0.29) is 5.75 Å². The van der Waals surface area contributed by atoms with E-state index in [1.807, 2.05) is 12.1 Å². The Bertz CT molecular complexity index is 1270. The highest BCUT2D eigenvalue weighted by Crippen LogP contribution is 2.34. The zero-order valence-corrected chi connectivity index (χ0v) is 20.2. The number of aromatic nitrogens is 2. The van der Waals surface area contributed by atoms with Crippen LogP contribution in [0.2, 0.25) is 0 Å². The number of nitrogens with zero attached hydrogens (tertiary/aromatic N) is 5. The van der Waals surface area contributed by atoms with Crippen LogP contribution in [-0.4, -0.2) is 60.8 Å². The van der Waals surface area contributed by atoms with E-state index in [9.17, 15) is 10.1 Å². The van der Waals surface area contributed by atoms with Crippen molar-refractivity contribution in [1.82, 2.24) is 14.9 Å². The Kier molecular flexibility index (Phi) is 7.67. The fraction of sp³-hybridized carbons (Fsp3) is 0.280. The maximum absolute atomic E-state index is 11.6. The van der Waals surface area contributed by atoms with Crippen molar-refractivity contribution in [2.24, 2.45) is 5.73 Å². The molecule has 3 heterocycles. The number of hydrogen-bond acceptors (Lipinski definition) is 10. The molecule has 0 bridgehead atoms. The van der Waals surface area contributed by atoms with E-state index in [0.29, 0.717) is 34.3 Å². The van der Waals surface area contributed by atoms with Crippen LogP contribution in [0.4, 0.5) is 33.5 Å². The highest BCUT2D eigenvalue weighted by atomic mass is 16.5. The predicted molar refractivity (Wildman–Crippen MR) is 137 cm³/mol. The number of pyridine rings is 2. The Morgan fingerprint density at radius 3 is 2.61 bits per heavy atom. The molecule has 0 unspecified atom stereocenters. The summed E-state index contributed by atoms with van der Waals surface area (Å²) in [4.78, 5) is 24.8. The quantitative estimate of drug-likeness (QED) is 0.431. The Labute approximate surface area is 209 Å². The summed E-state index contributed by atoms with van der Waals surface area (Å²) in [5.74, 6) is 1.69.